The van der Waals surface area contributed by atoms with Crippen LogP contribution in [-0.2, 0) is 16.2 Å². The summed E-state index contributed by atoms with van der Waals surface area (Å²) < 4.78 is 4.34. The molecule has 0 aliphatic heterocycles. The zero-order chi connectivity index (χ0) is 35.1. The van der Waals surface area contributed by atoms with E-state index in [1.54, 1.807) is 0 Å². The second-order valence-electron chi connectivity index (χ2n) is 16.0. The van der Waals surface area contributed by atoms with Gasteiger partial charge in [0.05, 0.1) is 27.8 Å². The summed E-state index contributed by atoms with van der Waals surface area (Å²) in [5.74, 6) is 0. The molecule has 51 heavy (non-hydrogen) atoms. The van der Waals surface area contributed by atoms with Crippen molar-refractivity contribution in [1.29, 1.82) is 0 Å². The summed E-state index contributed by atoms with van der Waals surface area (Å²) in [6.45, 7) is 13.8. The van der Waals surface area contributed by atoms with Gasteiger partial charge >= 0.3 is 0 Å². The first kappa shape index (κ1) is 31.3. The minimum Gasteiger partial charge on any atom is -0.309 e. The third kappa shape index (κ3) is 4.73. The highest BCUT2D eigenvalue weighted by molar-refractivity contribution is 6.09. The summed E-state index contributed by atoms with van der Waals surface area (Å²) in [4.78, 5) is 5.17. The van der Waals surface area contributed by atoms with Gasteiger partial charge in [-0.05, 0) is 98.3 Å². The van der Waals surface area contributed by atoms with E-state index in [4.69, 9.17) is 4.98 Å². The summed E-state index contributed by atoms with van der Waals surface area (Å²) in [7, 11) is 0. The van der Waals surface area contributed by atoms with Crippen molar-refractivity contribution in [2.24, 2.45) is 0 Å². The molecule has 4 nitrogen and oxygen atoms in total. The van der Waals surface area contributed by atoms with E-state index in [9.17, 15) is 0 Å². The monoisotopic (exact) mass is 662 g/mol. The Balaban J connectivity index is 1.36. The lowest BCUT2D eigenvalue weighted by molar-refractivity contribution is 0.589. The highest BCUT2D eigenvalue weighted by atomic mass is 15.3. The van der Waals surface area contributed by atoms with Gasteiger partial charge in [0.15, 0.2) is 0 Å². The molecule has 8 aromatic rings. The van der Waals surface area contributed by atoms with Gasteiger partial charge in [-0.3, -0.25) is 4.98 Å². The van der Waals surface area contributed by atoms with E-state index >= 15 is 0 Å². The fourth-order valence-electron chi connectivity index (χ4n) is 8.27. The average molecular weight is 663 g/mol. The number of nitrogens with zero attached hydrogens (tertiary/aromatic N) is 4. The van der Waals surface area contributed by atoms with Crippen molar-refractivity contribution in [2.75, 3.05) is 0 Å². The molecule has 0 fully saturated rings. The third-order valence-electron chi connectivity index (χ3n) is 10.9. The van der Waals surface area contributed by atoms with Gasteiger partial charge < -0.3 is 4.57 Å². The maximum absolute atomic E-state index is 5.17. The fourth-order valence-corrected chi connectivity index (χ4v) is 8.27. The highest BCUT2D eigenvalue weighted by Crippen LogP contribution is 2.57. The van der Waals surface area contributed by atoms with Crippen LogP contribution >= 0.6 is 0 Å². The van der Waals surface area contributed by atoms with Crippen molar-refractivity contribution in [3.63, 3.8) is 0 Å². The van der Waals surface area contributed by atoms with Gasteiger partial charge in [0.2, 0.25) is 0 Å². The predicted octanol–water partition coefficient (Wildman–Crippen LogP) is 11.3. The number of hydrogen-bond acceptors (Lipinski definition) is 2. The molecule has 0 unspecified atom stereocenters. The van der Waals surface area contributed by atoms with Crippen LogP contribution in [0.4, 0.5) is 0 Å². The Labute approximate surface area is 300 Å². The molecule has 0 saturated carbocycles. The molecule has 9 rings (SSSR count). The van der Waals surface area contributed by atoms with E-state index in [-0.39, 0.29) is 10.8 Å². The standard InChI is InChI=1S/C47H42N4/c1-45(2,3)31-18-22-40-38(28-31)39-29-32(46(4,5)6)19-23-41(39)47(40,44-17-9-10-24-48-44)33-13-11-14-35(27-33)51-42-16-8-7-15-36(42)37-21-20-34(30-43(37)51)50-26-12-25-49-50/h7-30H,1-6H3. The quantitative estimate of drug-likeness (QED) is 0.188. The van der Waals surface area contributed by atoms with Crippen LogP contribution in [0, 0.1) is 0 Å². The fraction of sp³-hybridized carbons (Fsp3) is 0.191. The molecule has 0 bridgehead atoms. The Morgan fingerprint density at radius 2 is 1.22 bits per heavy atom. The van der Waals surface area contributed by atoms with Crippen LogP contribution in [0.1, 0.15) is 75.1 Å². The molecule has 0 N–H and O–H groups in total. The van der Waals surface area contributed by atoms with Crippen LogP contribution in [0.3, 0.4) is 0 Å². The first-order valence-corrected chi connectivity index (χ1v) is 17.9. The number of benzene rings is 5. The SMILES string of the molecule is CC(C)(C)c1ccc2c(c1)-c1cc(C(C)(C)C)ccc1C2(c1cccc(-n2c3ccccc3c3ccc(-n4cccn4)cc32)c1)c1ccccn1. The minimum absolute atomic E-state index is 0.0125. The van der Waals surface area contributed by atoms with Gasteiger partial charge in [-0.2, -0.15) is 5.10 Å². The van der Waals surface area contributed by atoms with E-state index < -0.39 is 5.41 Å². The van der Waals surface area contributed by atoms with Crippen LogP contribution in [-0.4, -0.2) is 19.3 Å². The Kier molecular flexibility index (Phi) is 6.82. The lowest BCUT2D eigenvalue weighted by atomic mass is 9.69. The van der Waals surface area contributed by atoms with E-state index in [0.717, 1.165) is 22.6 Å². The van der Waals surface area contributed by atoms with E-state index in [1.165, 1.54) is 55.2 Å². The summed E-state index contributed by atoms with van der Waals surface area (Å²) in [6.07, 6.45) is 5.76. The Hall–Kier alpha value is -5.74. The first-order valence-electron chi connectivity index (χ1n) is 17.9. The highest BCUT2D eigenvalue weighted by Gasteiger charge is 2.48. The molecular formula is C47H42N4. The molecule has 0 radical (unpaired) electrons. The van der Waals surface area contributed by atoms with E-state index in [2.05, 4.69) is 166 Å². The second-order valence-corrected chi connectivity index (χ2v) is 16.0. The Bertz CT molecular complexity index is 2530. The number of pyridine rings is 1. The molecular weight excluding hydrogens is 621 g/mol. The molecule has 0 saturated heterocycles. The molecule has 1 aliphatic carbocycles. The molecule has 3 aromatic heterocycles. The van der Waals surface area contributed by atoms with Crippen molar-refractivity contribution in [3.8, 4) is 22.5 Å². The van der Waals surface area contributed by atoms with Crippen LogP contribution in [0.25, 0.3) is 44.3 Å². The number of fused-ring (bicyclic) bond motifs is 6. The van der Waals surface area contributed by atoms with Crippen molar-refractivity contribution < 1.29 is 0 Å². The molecule has 1 aliphatic rings. The Morgan fingerprint density at radius 1 is 0.529 bits per heavy atom. The third-order valence-corrected chi connectivity index (χ3v) is 10.9. The zero-order valence-electron chi connectivity index (χ0n) is 30.1. The van der Waals surface area contributed by atoms with Gasteiger partial charge in [0.25, 0.3) is 0 Å². The lowest BCUT2D eigenvalue weighted by Gasteiger charge is -2.33. The van der Waals surface area contributed by atoms with Crippen LogP contribution in [0.2, 0.25) is 0 Å². The molecule has 3 heterocycles. The van der Waals surface area contributed by atoms with Crippen LogP contribution < -0.4 is 0 Å². The summed E-state index contributed by atoms with van der Waals surface area (Å²) >= 11 is 0. The normalized spacial score (nSPS) is 13.8. The Morgan fingerprint density at radius 3 is 1.86 bits per heavy atom. The molecule has 0 atom stereocenters. The number of hydrogen-bond donors (Lipinski definition) is 0. The number of rotatable bonds is 4. The predicted molar refractivity (Wildman–Crippen MR) is 210 cm³/mol. The van der Waals surface area contributed by atoms with E-state index in [1.807, 2.05) is 35.4 Å². The van der Waals surface area contributed by atoms with Gasteiger partial charge in [0.1, 0.15) is 0 Å². The topological polar surface area (TPSA) is 35.6 Å². The maximum atomic E-state index is 5.17. The second kappa shape index (κ2) is 11.1. The molecule has 250 valence electrons. The van der Waals surface area contributed by atoms with Crippen molar-refractivity contribution in [2.45, 2.75) is 57.8 Å². The van der Waals surface area contributed by atoms with Gasteiger partial charge in [0, 0.05) is 35.1 Å². The summed E-state index contributed by atoms with van der Waals surface area (Å²) in [5, 5.41) is 6.99. The van der Waals surface area contributed by atoms with Crippen LogP contribution in [0.5, 0.6) is 0 Å². The van der Waals surface area contributed by atoms with Gasteiger partial charge in [-0.15, -0.1) is 0 Å². The van der Waals surface area contributed by atoms with Crippen molar-refractivity contribution >= 4 is 21.8 Å². The summed E-state index contributed by atoms with van der Waals surface area (Å²) in [6, 6.07) is 47.1. The average Bonchev–Trinajstić information content (AvgIpc) is 3.85. The van der Waals surface area contributed by atoms with Crippen molar-refractivity contribution in [3.05, 3.63) is 179 Å². The molecule has 4 heteroatoms. The van der Waals surface area contributed by atoms with Gasteiger partial charge in [-0.1, -0.05) is 120 Å². The zero-order valence-corrected chi connectivity index (χ0v) is 30.1. The maximum Gasteiger partial charge on any atom is 0.0886 e. The summed E-state index contributed by atoms with van der Waals surface area (Å²) in [5.41, 5.74) is 13.9. The molecule has 0 amide bonds. The number of aromatic nitrogens is 4. The van der Waals surface area contributed by atoms with Crippen molar-refractivity contribution in [1.82, 2.24) is 19.3 Å². The van der Waals surface area contributed by atoms with Gasteiger partial charge in [-0.25, -0.2) is 4.68 Å². The van der Waals surface area contributed by atoms with E-state index in [0.29, 0.717) is 0 Å². The number of para-hydroxylation sites is 1. The van der Waals surface area contributed by atoms with Crippen LogP contribution in [0.15, 0.2) is 146 Å². The molecule has 0 spiro atoms. The smallest absolute Gasteiger partial charge is 0.0886 e. The minimum atomic E-state index is -0.617. The molecule has 5 aromatic carbocycles. The largest absolute Gasteiger partial charge is 0.309 e. The first-order chi connectivity index (χ1) is 24.5. The lowest BCUT2D eigenvalue weighted by Crippen LogP contribution is -2.30.